The van der Waals surface area contributed by atoms with Crippen LogP contribution in [0.15, 0.2) is 48.6 Å². The summed E-state index contributed by atoms with van der Waals surface area (Å²) in [7, 11) is 0. The van der Waals surface area contributed by atoms with Gasteiger partial charge in [-0.3, -0.25) is 4.79 Å². The number of aliphatic hydroxyl groups is 4. The van der Waals surface area contributed by atoms with Crippen LogP contribution in [0.25, 0.3) is 0 Å². The van der Waals surface area contributed by atoms with Gasteiger partial charge in [-0.1, -0.05) is 184 Å². The highest BCUT2D eigenvalue weighted by atomic mass is 16.7. The molecule has 6 atom stereocenters. The van der Waals surface area contributed by atoms with Crippen LogP contribution in [0.4, 0.5) is 0 Å². The highest BCUT2D eigenvalue weighted by molar-refractivity contribution is 5.69. The van der Waals surface area contributed by atoms with Gasteiger partial charge >= 0.3 is 5.97 Å². The number of esters is 1. The Bertz CT molecular complexity index is 1030. The Kier molecular flexibility index (Phi) is 37.9. The summed E-state index contributed by atoms with van der Waals surface area (Å²) in [6, 6.07) is 0. The number of hydrogen-bond donors (Lipinski definition) is 4. The molecule has 1 rings (SSSR count). The van der Waals surface area contributed by atoms with Crippen molar-refractivity contribution in [3.05, 3.63) is 48.6 Å². The number of rotatable bonds is 40. The molecule has 58 heavy (non-hydrogen) atoms. The molecule has 0 aromatic heterocycles. The lowest BCUT2D eigenvalue weighted by Gasteiger charge is -2.39. The molecule has 0 radical (unpaired) electrons. The fourth-order valence-electron chi connectivity index (χ4n) is 7.07. The lowest BCUT2D eigenvalue weighted by molar-refractivity contribution is -0.305. The van der Waals surface area contributed by atoms with Gasteiger partial charge in [-0.05, 0) is 51.4 Å². The molecule has 0 spiro atoms. The summed E-state index contributed by atoms with van der Waals surface area (Å²) in [4.78, 5) is 12.8. The molecule has 0 amide bonds. The third-order valence-electron chi connectivity index (χ3n) is 10.8. The second kappa shape index (κ2) is 40.6. The highest BCUT2D eigenvalue weighted by Crippen LogP contribution is 2.23. The smallest absolute Gasteiger partial charge is 0.306 e. The SMILES string of the molecule is CC/C=C\C/C=C\C/C=C\C/C=C\CCCCCCCOCC(COC1OC(CO)C(O)C(O)C1O)OC(=O)CCCCCCCCCCCCCCCCCCC. The van der Waals surface area contributed by atoms with E-state index in [4.69, 9.17) is 18.9 Å². The lowest BCUT2D eigenvalue weighted by atomic mass is 9.99. The van der Waals surface area contributed by atoms with E-state index in [1.807, 2.05) is 0 Å². The summed E-state index contributed by atoms with van der Waals surface area (Å²) in [6.45, 7) is 4.42. The van der Waals surface area contributed by atoms with Gasteiger partial charge < -0.3 is 39.4 Å². The minimum atomic E-state index is -1.54. The topological polar surface area (TPSA) is 135 Å². The Balaban J connectivity index is 2.26. The molecule has 1 saturated heterocycles. The average molecular weight is 821 g/mol. The monoisotopic (exact) mass is 821 g/mol. The molecular formula is C49H88O9. The van der Waals surface area contributed by atoms with Crippen molar-refractivity contribution in [2.45, 2.75) is 230 Å². The van der Waals surface area contributed by atoms with E-state index in [9.17, 15) is 25.2 Å². The van der Waals surface area contributed by atoms with Crippen LogP contribution in [0.1, 0.15) is 194 Å². The number of ether oxygens (including phenoxy) is 4. The van der Waals surface area contributed by atoms with E-state index in [2.05, 4.69) is 62.5 Å². The van der Waals surface area contributed by atoms with Gasteiger partial charge in [0.05, 0.1) is 19.8 Å². The Labute approximate surface area is 354 Å². The summed E-state index contributed by atoms with van der Waals surface area (Å²) in [5.41, 5.74) is 0. The predicted molar refractivity (Wildman–Crippen MR) is 238 cm³/mol. The quantitative estimate of drug-likeness (QED) is 0.0271. The van der Waals surface area contributed by atoms with Crippen LogP contribution < -0.4 is 0 Å². The molecule has 6 unspecified atom stereocenters. The minimum Gasteiger partial charge on any atom is -0.457 e. The molecule has 9 heteroatoms. The van der Waals surface area contributed by atoms with Gasteiger partial charge in [0.2, 0.25) is 0 Å². The summed E-state index contributed by atoms with van der Waals surface area (Å²) < 4.78 is 22.8. The Morgan fingerprint density at radius 1 is 0.569 bits per heavy atom. The second-order valence-corrected chi connectivity index (χ2v) is 16.2. The van der Waals surface area contributed by atoms with E-state index in [0.29, 0.717) is 13.0 Å². The van der Waals surface area contributed by atoms with Gasteiger partial charge in [-0.2, -0.15) is 0 Å². The highest BCUT2D eigenvalue weighted by Gasteiger charge is 2.44. The van der Waals surface area contributed by atoms with E-state index >= 15 is 0 Å². The standard InChI is InChI=1S/C49H88O9/c1-3-5-7-9-11-13-15-17-19-21-23-25-27-29-31-33-35-37-39-55-41-43(42-56-49-48(54)47(53)46(52)44(40-50)58-49)57-45(51)38-36-34-32-30-28-26-24-22-20-18-16-14-12-10-8-6-4-2/h5,7,11,13,17,19,23,25,43-44,46-50,52-54H,3-4,6,8-10,12,14-16,18,20-22,24,26-42H2,1-2H3/b7-5-,13-11-,19-17-,25-23-. The van der Waals surface area contributed by atoms with Crippen LogP contribution in [0, 0.1) is 0 Å². The van der Waals surface area contributed by atoms with E-state index in [1.54, 1.807) is 0 Å². The molecule has 1 aliphatic rings. The molecule has 0 aromatic carbocycles. The maximum absolute atomic E-state index is 12.8. The molecule has 0 bridgehead atoms. The van der Waals surface area contributed by atoms with Gasteiger partial charge in [-0.25, -0.2) is 0 Å². The maximum atomic E-state index is 12.8. The molecule has 0 saturated carbocycles. The Morgan fingerprint density at radius 3 is 1.59 bits per heavy atom. The minimum absolute atomic E-state index is 0.120. The maximum Gasteiger partial charge on any atom is 0.306 e. The van der Waals surface area contributed by atoms with Crippen molar-refractivity contribution in [3.8, 4) is 0 Å². The van der Waals surface area contributed by atoms with E-state index in [0.717, 1.165) is 70.6 Å². The zero-order valence-corrected chi connectivity index (χ0v) is 37.0. The fraction of sp³-hybridized carbons (Fsp3) is 0.816. The second-order valence-electron chi connectivity index (χ2n) is 16.2. The van der Waals surface area contributed by atoms with Gasteiger partial charge in [0.1, 0.15) is 30.5 Å². The number of unbranched alkanes of at least 4 members (excludes halogenated alkanes) is 21. The number of carbonyl (C=O) groups excluding carboxylic acids is 1. The number of allylic oxidation sites excluding steroid dienone is 8. The van der Waals surface area contributed by atoms with Crippen LogP contribution in [0.5, 0.6) is 0 Å². The summed E-state index contributed by atoms with van der Waals surface area (Å²) >= 11 is 0. The summed E-state index contributed by atoms with van der Waals surface area (Å²) in [6.07, 6.45) is 42.8. The van der Waals surface area contributed by atoms with Crippen LogP contribution in [0.3, 0.4) is 0 Å². The molecule has 9 nitrogen and oxygen atoms in total. The lowest BCUT2D eigenvalue weighted by Crippen LogP contribution is -2.59. The number of hydrogen-bond acceptors (Lipinski definition) is 9. The normalized spacial score (nSPS) is 20.7. The van der Waals surface area contributed by atoms with Crippen LogP contribution in [-0.2, 0) is 23.7 Å². The summed E-state index contributed by atoms with van der Waals surface area (Å²) in [5, 5.41) is 40.2. The van der Waals surface area contributed by atoms with Gasteiger partial charge in [-0.15, -0.1) is 0 Å². The van der Waals surface area contributed by atoms with Gasteiger partial charge in [0, 0.05) is 13.0 Å². The van der Waals surface area contributed by atoms with Crippen LogP contribution in [-0.4, -0.2) is 89.6 Å². The first-order valence-electron chi connectivity index (χ1n) is 23.7. The molecule has 338 valence electrons. The van der Waals surface area contributed by atoms with Crippen molar-refractivity contribution < 1.29 is 44.2 Å². The van der Waals surface area contributed by atoms with Crippen molar-refractivity contribution in [2.24, 2.45) is 0 Å². The third kappa shape index (κ3) is 31.1. The van der Waals surface area contributed by atoms with Crippen molar-refractivity contribution in [1.29, 1.82) is 0 Å². The van der Waals surface area contributed by atoms with Gasteiger partial charge in [0.15, 0.2) is 6.29 Å². The van der Waals surface area contributed by atoms with E-state index < -0.39 is 43.4 Å². The fourth-order valence-corrected chi connectivity index (χ4v) is 7.07. The molecule has 1 aliphatic heterocycles. The van der Waals surface area contributed by atoms with E-state index in [-0.39, 0.29) is 19.2 Å². The zero-order chi connectivity index (χ0) is 42.2. The first-order chi connectivity index (χ1) is 28.4. The van der Waals surface area contributed by atoms with Crippen LogP contribution in [0.2, 0.25) is 0 Å². The predicted octanol–water partition coefficient (Wildman–Crippen LogP) is 10.9. The zero-order valence-electron chi connectivity index (χ0n) is 37.0. The van der Waals surface area contributed by atoms with Crippen LogP contribution >= 0.6 is 0 Å². The molecular weight excluding hydrogens is 733 g/mol. The summed E-state index contributed by atoms with van der Waals surface area (Å²) in [5.74, 6) is -0.319. The molecule has 4 N–H and O–H groups in total. The van der Waals surface area contributed by atoms with Crippen molar-refractivity contribution >= 4 is 5.97 Å². The first kappa shape index (κ1) is 54.2. The number of carbonyl (C=O) groups is 1. The third-order valence-corrected chi connectivity index (χ3v) is 10.8. The average Bonchev–Trinajstić information content (AvgIpc) is 3.22. The van der Waals surface area contributed by atoms with Gasteiger partial charge in [0.25, 0.3) is 0 Å². The molecule has 1 heterocycles. The molecule has 1 fully saturated rings. The molecule has 0 aliphatic carbocycles. The van der Waals surface area contributed by atoms with E-state index in [1.165, 1.54) is 103 Å². The number of aliphatic hydroxyl groups excluding tert-OH is 4. The Morgan fingerprint density at radius 2 is 1.05 bits per heavy atom. The van der Waals surface area contributed by atoms with Crippen molar-refractivity contribution in [2.75, 3.05) is 26.4 Å². The van der Waals surface area contributed by atoms with Crippen molar-refractivity contribution in [1.82, 2.24) is 0 Å². The molecule has 0 aromatic rings. The Hall–Kier alpha value is -1.85. The largest absolute Gasteiger partial charge is 0.457 e. The first-order valence-corrected chi connectivity index (χ1v) is 23.7. The van der Waals surface area contributed by atoms with Crippen molar-refractivity contribution in [3.63, 3.8) is 0 Å².